The summed E-state index contributed by atoms with van der Waals surface area (Å²) in [5.41, 5.74) is 4.34. The standard InChI is InChI=1S/C17H26N4O3/c1-12(22)21(17(11-18)7-9-20-10-8-17)16(24)14(15(19)23)13-5-3-2-4-6-13/h13-14,20H,2-10H2,1H3,(H2,19,23). The predicted octanol–water partition coefficient (Wildman–Crippen LogP) is 0.689. The minimum Gasteiger partial charge on any atom is -0.369 e. The van der Waals surface area contributed by atoms with Crippen LogP contribution in [0.4, 0.5) is 0 Å². The lowest BCUT2D eigenvalue weighted by molar-refractivity contribution is -0.156. The van der Waals surface area contributed by atoms with Crippen LogP contribution in [-0.4, -0.2) is 41.2 Å². The monoisotopic (exact) mass is 334 g/mol. The smallest absolute Gasteiger partial charge is 0.243 e. The second-order valence-electron chi connectivity index (χ2n) is 6.86. The van der Waals surface area contributed by atoms with Crippen molar-refractivity contribution < 1.29 is 14.4 Å². The van der Waals surface area contributed by atoms with E-state index in [4.69, 9.17) is 5.73 Å². The topological polar surface area (TPSA) is 116 Å². The lowest BCUT2D eigenvalue weighted by Crippen LogP contribution is -2.60. The molecule has 1 saturated carbocycles. The van der Waals surface area contributed by atoms with Crippen LogP contribution in [0.15, 0.2) is 0 Å². The zero-order chi connectivity index (χ0) is 17.7. The lowest BCUT2D eigenvalue weighted by Gasteiger charge is -2.41. The van der Waals surface area contributed by atoms with Crippen LogP contribution < -0.4 is 11.1 Å². The van der Waals surface area contributed by atoms with Gasteiger partial charge in [-0.3, -0.25) is 19.3 Å². The number of amides is 3. The molecule has 1 heterocycles. The molecule has 7 nitrogen and oxygen atoms in total. The Morgan fingerprint density at radius 2 is 1.79 bits per heavy atom. The van der Waals surface area contributed by atoms with E-state index in [9.17, 15) is 19.6 Å². The average molecular weight is 334 g/mol. The number of hydrogen-bond acceptors (Lipinski definition) is 5. The third kappa shape index (κ3) is 3.59. The van der Waals surface area contributed by atoms with Crippen molar-refractivity contribution in [3.8, 4) is 6.07 Å². The summed E-state index contributed by atoms with van der Waals surface area (Å²) in [6.45, 7) is 2.38. The molecule has 1 aliphatic heterocycles. The van der Waals surface area contributed by atoms with Crippen LogP contribution in [0, 0.1) is 23.2 Å². The highest BCUT2D eigenvalue weighted by Gasteiger charge is 2.48. The Bertz CT molecular complexity index is 543. The Kier molecular flexibility index (Phi) is 5.94. The van der Waals surface area contributed by atoms with E-state index in [0.29, 0.717) is 25.9 Å². The van der Waals surface area contributed by atoms with Crippen molar-refractivity contribution in [2.45, 2.75) is 57.4 Å². The average Bonchev–Trinajstić information content (AvgIpc) is 2.56. The van der Waals surface area contributed by atoms with Crippen LogP contribution in [0.2, 0.25) is 0 Å². The van der Waals surface area contributed by atoms with Crippen molar-refractivity contribution in [1.29, 1.82) is 5.26 Å². The number of imide groups is 1. The number of rotatable bonds is 4. The molecule has 3 N–H and O–H groups in total. The Hall–Kier alpha value is -1.94. The van der Waals surface area contributed by atoms with Crippen LogP contribution in [0.3, 0.4) is 0 Å². The molecular formula is C17H26N4O3. The van der Waals surface area contributed by atoms with E-state index in [1.807, 2.05) is 0 Å². The van der Waals surface area contributed by atoms with Crippen LogP contribution >= 0.6 is 0 Å². The first-order chi connectivity index (χ1) is 11.4. The fourth-order valence-electron chi connectivity index (χ4n) is 4.06. The molecule has 24 heavy (non-hydrogen) atoms. The van der Waals surface area contributed by atoms with Crippen molar-refractivity contribution in [2.24, 2.45) is 17.6 Å². The number of nitrogens with one attached hydrogen (secondary N) is 1. The Labute approximate surface area is 142 Å². The summed E-state index contributed by atoms with van der Waals surface area (Å²) >= 11 is 0. The summed E-state index contributed by atoms with van der Waals surface area (Å²) in [5.74, 6) is -2.94. The van der Waals surface area contributed by atoms with Gasteiger partial charge in [0.05, 0.1) is 6.07 Å². The second-order valence-corrected chi connectivity index (χ2v) is 6.86. The van der Waals surface area contributed by atoms with Gasteiger partial charge in [-0.25, -0.2) is 0 Å². The maximum Gasteiger partial charge on any atom is 0.243 e. The van der Waals surface area contributed by atoms with Gasteiger partial charge in [0.2, 0.25) is 17.7 Å². The van der Waals surface area contributed by atoms with Gasteiger partial charge in [-0.15, -0.1) is 0 Å². The molecule has 2 rings (SSSR count). The molecule has 7 heteroatoms. The van der Waals surface area contributed by atoms with E-state index in [-0.39, 0.29) is 5.92 Å². The van der Waals surface area contributed by atoms with Crippen LogP contribution in [-0.2, 0) is 14.4 Å². The molecule has 0 aromatic rings. The first-order valence-electron chi connectivity index (χ1n) is 8.69. The van der Waals surface area contributed by atoms with Crippen molar-refractivity contribution >= 4 is 17.7 Å². The molecule has 0 radical (unpaired) electrons. The number of hydrogen-bond donors (Lipinski definition) is 2. The molecule has 0 aromatic carbocycles. The van der Waals surface area contributed by atoms with E-state index in [1.54, 1.807) is 0 Å². The molecule has 132 valence electrons. The summed E-state index contributed by atoms with van der Waals surface area (Å²) in [6.07, 6.45) is 5.24. The van der Waals surface area contributed by atoms with Crippen LogP contribution in [0.1, 0.15) is 51.9 Å². The van der Waals surface area contributed by atoms with Gasteiger partial charge in [0.15, 0.2) is 0 Å². The summed E-state index contributed by atoms with van der Waals surface area (Å²) in [5, 5.41) is 12.8. The van der Waals surface area contributed by atoms with E-state index in [2.05, 4.69) is 11.4 Å². The number of carbonyl (C=O) groups excluding carboxylic acids is 3. The summed E-state index contributed by atoms with van der Waals surface area (Å²) < 4.78 is 0. The largest absolute Gasteiger partial charge is 0.369 e. The quantitative estimate of drug-likeness (QED) is 0.734. The van der Waals surface area contributed by atoms with Gasteiger partial charge in [-0.1, -0.05) is 19.3 Å². The van der Waals surface area contributed by atoms with Gasteiger partial charge in [0.25, 0.3) is 0 Å². The number of carbonyl (C=O) groups is 3. The normalized spacial score (nSPS) is 22.2. The summed E-state index contributed by atoms with van der Waals surface area (Å²) in [6, 6.07) is 2.17. The highest BCUT2D eigenvalue weighted by molar-refractivity contribution is 6.06. The molecule has 0 spiro atoms. The van der Waals surface area contributed by atoms with E-state index in [0.717, 1.165) is 37.0 Å². The zero-order valence-corrected chi connectivity index (χ0v) is 14.2. The van der Waals surface area contributed by atoms with Gasteiger partial charge >= 0.3 is 0 Å². The third-order valence-electron chi connectivity index (χ3n) is 5.30. The minimum absolute atomic E-state index is 0.136. The zero-order valence-electron chi connectivity index (χ0n) is 14.2. The number of piperidine rings is 1. The van der Waals surface area contributed by atoms with Crippen molar-refractivity contribution in [1.82, 2.24) is 10.2 Å². The van der Waals surface area contributed by atoms with Gasteiger partial charge in [-0.05, 0) is 44.7 Å². The number of nitrogens with zero attached hydrogens (tertiary/aromatic N) is 2. The van der Waals surface area contributed by atoms with E-state index in [1.165, 1.54) is 6.92 Å². The van der Waals surface area contributed by atoms with Gasteiger partial charge in [-0.2, -0.15) is 5.26 Å². The van der Waals surface area contributed by atoms with Crippen molar-refractivity contribution in [3.05, 3.63) is 0 Å². The molecule has 1 unspecified atom stereocenters. The molecule has 2 fully saturated rings. The highest BCUT2D eigenvalue weighted by Crippen LogP contribution is 2.34. The molecular weight excluding hydrogens is 308 g/mol. The van der Waals surface area contributed by atoms with E-state index < -0.39 is 29.2 Å². The summed E-state index contributed by atoms with van der Waals surface area (Å²) in [4.78, 5) is 38.4. The van der Waals surface area contributed by atoms with Crippen molar-refractivity contribution in [3.63, 3.8) is 0 Å². The second kappa shape index (κ2) is 7.75. The fourth-order valence-corrected chi connectivity index (χ4v) is 4.06. The Morgan fingerprint density at radius 3 is 2.25 bits per heavy atom. The lowest BCUT2D eigenvalue weighted by atomic mass is 9.77. The Morgan fingerprint density at radius 1 is 1.21 bits per heavy atom. The predicted molar refractivity (Wildman–Crippen MR) is 87.2 cm³/mol. The third-order valence-corrected chi connectivity index (χ3v) is 5.30. The Balaban J connectivity index is 2.34. The van der Waals surface area contributed by atoms with E-state index >= 15 is 0 Å². The fraction of sp³-hybridized carbons (Fsp3) is 0.765. The molecule has 1 aliphatic carbocycles. The number of nitriles is 1. The number of nitrogens with two attached hydrogens (primary N) is 1. The first-order valence-corrected chi connectivity index (χ1v) is 8.69. The van der Waals surface area contributed by atoms with Gasteiger partial charge in [0.1, 0.15) is 11.5 Å². The van der Waals surface area contributed by atoms with Crippen LogP contribution in [0.25, 0.3) is 0 Å². The molecule has 1 atom stereocenters. The highest BCUT2D eigenvalue weighted by atomic mass is 16.2. The van der Waals surface area contributed by atoms with Crippen molar-refractivity contribution in [2.75, 3.05) is 13.1 Å². The molecule has 3 amide bonds. The molecule has 1 saturated heterocycles. The maximum atomic E-state index is 13.1. The number of primary amides is 1. The first kappa shape index (κ1) is 18.4. The van der Waals surface area contributed by atoms with Gasteiger partial charge in [0, 0.05) is 6.92 Å². The van der Waals surface area contributed by atoms with Crippen LogP contribution in [0.5, 0.6) is 0 Å². The maximum absolute atomic E-state index is 13.1. The molecule has 0 bridgehead atoms. The SMILES string of the molecule is CC(=O)N(C(=O)C(C(N)=O)C1CCCCC1)C1(C#N)CCNCC1. The van der Waals surface area contributed by atoms with Gasteiger partial charge < -0.3 is 11.1 Å². The summed E-state index contributed by atoms with van der Waals surface area (Å²) in [7, 11) is 0. The minimum atomic E-state index is -1.18. The molecule has 2 aliphatic rings. The molecule has 0 aromatic heterocycles.